The molecule has 4 aromatic rings. The van der Waals surface area contributed by atoms with Gasteiger partial charge in [0.15, 0.2) is 0 Å². The Bertz CT molecular complexity index is 1670. The molecule has 194 valence electrons. The summed E-state index contributed by atoms with van der Waals surface area (Å²) in [6.45, 7) is 0.587. The van der Waals surface area contributed by atoms with Crippen LogP contribution in [0.2, 0.25) is 5.02 Å². The molecule has 38 heavy (non-hydrogen) atoms. The highest BCUT2D eigenvalue weighted by Crippen LogP contribution is 2.51. The van der Waals surface area contributed by atoms with Crippen molar-refractivity contribution in [3.05, 3.63) is 98.7 Å². The van der Waals surface area contributed by atoms with Gasteiger partial charge in [-0.25, -0.2) is 14.0 Å². The molecular weight excluding hydrogens is 513 g/mol. The molecule has 6 rings (SSSR count). The van der Waals surface area contributed by atoms with Crippen LogP contribution in [0.3, 0.4) is 0 Å². The zero-order valence-electron chi connectivity index (χ0n) is 20.4. The Labute approximate surface area is 221 Å². The molecule has 1 aliphatic heterocycles. The molecule has 0 atom stereocenters. The van der Waals surface area contributed by atoms with Crippen molar-refractivity contribution in [1.82, 2.24) is 14.0 Å². The SMILES string of the molecule is COC(=O)c1cccc(C2(n3c(=O)n(-c4ccc(C(=O)N5CC(O)C5)cc4)c4cc(Cl)ccc43)CC2)c1F. The fourth-order valence-electron chi connectivity index (χ4n) is 5.28. The third-order valence-electron chi connectivity index (χ3n) is 7.38. The van der Waals surface area contributed by atoms with Gasteiger partial charge in [0.25, 0.3) is 5.91 Å². The zero-order chi connectivity index (χ0) is 26.8. The van der Waals surface area contributed by atoms with E-state index in [-0.39, 0.29) is 17.0 Å². The molecule has 1 saturated carbocycles. The average molecular weight is 536 g/mol. The summed E-state index contributed by atoms with van der Waals surface area (Å²) in [5.74, 6) is -1.70. The lowest BCUT2D eigenvalue weighted by molar-refractivity contribution is 0.00589. The number of methoxy groups -OCH3 is 1. The first kappa shape index (κ1) is 24.4. The van der Waals surface area contributed by atoms with Crippen LogP contribution < -0.4 is 5.69 Å². The van der Waals surface area contributed by atoms with E-state index in [0.717, 1.165) is 0 Å². The van der Waals surface area contributed by atoms with Gasteiger partial charge in [-0.2, -0.15) is 0 Å². The van der Waals surface area contributed by atoms with Crippen molar-refractivity contribution in [3.8, 4) is 5.69 Å². The van der Waals surface area contributed by atoms with Gasteiger partial charge in [-0.3, -0.25) is 13.9 Å². The number of hydrogen-bond donors (Lipinski definition) is 1. The lowest BCUT2D eigenvalue weighted by Gasteiger charge is -2.35. The van der Waals surface area contributed by atoms with Gasteiger partial charge in [-0.05, 0) is 61.4 Å². The van der Waals surface area contributed by atoms with Gasteiger partial charge in [0.2, 0.25) is 0 Å². The van der Waals surface area contributed by atoms with Crippen LogP contribution in [0.1, 0.15) is 39.1 Å². The van der Waals surface area contributed by atoms with Crippen molar-refractivity contribution in [1.29, 1.82) is 0 Å². The number of aliphatic hydroxyl groups is 1. The second kappa shape index (κ2) is 8.82. The Morgan fingerprint density at radius 1 is 1.05 bits per heavy atom. The van der Waals surface area contributed by atoms with Crippen molar-refractivity contribution < 1.29 is 23.8 Å². The number of carbonyl (C=O) groups excluding carboxylic acids is 2. The van der Waals surface area contributed by atoms with Gasteiger partial charge in [0.1, 0.15) is 5.82 Å². The van der Waals surface area contributed by atoms with Gasteiger partial charge in [-0.1, -0.05) is 23.7 Å². The molecule has 3 aromatic carbocycles. The van der Waals surface area contributed by atoms with Crippen LogP contribution in [0.5, 0.6) is 0 Å². The van der Waals surface area contributed by atoms with E-state index in [2.05, 4.69) is 0 Å². The highest BCUT2D eigenvalue weighted by Gasteiger charge is 2.51. The van der Waals surface area contributed by atoms with Crippen molar-refractivity contribution in [2.24, 2.45) is 0 Å². The van der Waals surface area contributed by atoms with Gasteiger partial charge in [-0.15, -0.1) is 0 Å². The second-order valence-corrected chi connectivity index (χ2v) is 10.1. The topological polar surface area (TPSA) is 93.8 Å². The number of benzene rings is 3. The summed E-state index contributed by atoms with van der Waals surface area (Å²) in [6.07, 6.45) is 0.511. The Kier molecular flexibility index (Phi) is 5.66. The van der Waals surface area contributed by atoms with Crippen molar-refractivity contribution in [2.75, 3.05) is 20.2 Å². The summed E-state index contributed by atoms with van der Waals surface area (Å²) >= 11 is 6.31. The number of fused-ring (bicyclic) bond motifs is 1. The first-order valence-electron chi connectivity index (χ1n) is 12.1. The smallest absolute Gasteiger partial charge is 0.340 e. The van der Waals surface area contributed by atoms with E-state index in [1.165, 1.54) is 17.7 Å². The molecular formula is C28H23ClFN3O5. The quantitative estimate of drug-likeness (QED) is 0.393. The first-order valence-corrected chi connectivity index (χ1v) is 12.5. The highest BCUT2D eigenvalue weighted by molar-refractivity contribution is 6.31. The molecule has 0 unspecified atom stereocenters. The van der Waals surface area contributed by atoms with Crippen LogP contribution in [-0.2, 0) is 10.3 Å². The largest absolute Gasteiger partial charge is 0.465 e. The average Bonchev–Trinajstić information content (AvgIpc) is 3.63. The Morgan fingerprint density at radius 2 is 1.76 bits per heavy atom. The summed E-state index contributed by atoms with van der Waals surface area (Å²) in [7, 11) is 1.19. The molecule has 0 spiro atoms. The molecule has 0 radical (unpaired) electrons. The normalized spacial score (nSPS) is 16.4. The number of aromatic nitrogens is 2. The Hall–Kier alpha value is -3.95. The van der Waals surface area contributed by atoms with Gasteiger partial charge >= 0.3 is 11.7 Å². The molecule has 2 heterocycles. The molecule has 1 N–H and O–H groups in total. The molecule has 2 fully saturated rings. The summed E-state index contributed by atoms with van der Waals surface area (Å²) in [6, 6.07) is 16.2. The number of ether oxygens (including phenoxy) is 1. The number of rotatable bonds is 5. The van der Waals surface area contributed by atoms with Gasteiger partial charge in [0, 0.05) is 29.2 Å². The summed E-state index contributed by atoms with van der Waals surface area (Å²) in [5, 5.41) is 9.92. The highest BCUT2D eigenvalue weighted by atomic mass is 35.5. The fourth-order valence-corrected chi connectivity index (χ4v) is 5.45. The molecule has 10 heteroatoms. The third kappa shape index (κ3) is 3.65. The number of imidazole rings is 1. The fraction of sp³-hybridized carbons (Fsp3) is 0.250. The number of halogens is 2. The van der Waals surface area contributed by atoms with E-state index in [9.17, 15) is 19.5 Å². The predicted octanol–water partition coefficient (Wildman–Crippen LogP) is 3.73. The van der Waals surface area contributed by atoms with Gasteiger partial charge in [0.05, 0.1) is 41.0 Å². The minimum Gasteiger partial charge on any atom is -0.465 e. The number of amides is 1. The standard InChI is InChI=1S/C28H23ClFN3O5/c1-38-26(36)20-3-2-4-21(24(20)30)28(11-12-28)33-22-10-7-17(29)13-23(22)32(27(33)37)18-8-5-16(6-9-18)25(35)31-14-19(34)15-31/h2-10,13,19,34H,11-12,14-15H2,1H3. The first-order chi connectivity index (χ1) is 18.2. The molecule has 8 nitrogen and oxygen atoms in total. The number of nitrogens with zero attached hydrogens (tertiary/aromatic N) is 3. The van der Waals surface area contributed by atoms with E-state index in [0.29, 0.717) is 53.2 Å². The molecule has 1 aromatic heterocycles. The molecule has 2 aliphatic rings. The molecule has 1 saturated heterocycles. The number of esters is 1. The van der Waals surface area contributed by atoms with Crippen LogP contribution >= 0.6 is 11.6 Å². The molecule has 1 amide bonds. The maximum Gasteiger partial charge on any atom is 0.340 e. The monoisotopic (exact) mass is 535 g/mol. The number of carbonyl (C=O) groups is 2. The van der Waals surface area contributed by atoms with Crippen LogP contribution in [0.15, 0.2) is 65.5 Å². The zero-order valence-corrected chi connectivity index (χ0v) is 21.1. The third-order valence-corrected chi connectivity index (χ3v) is 7.62. The van der Waals surface area contributed by atoms with E-state index in [1.54, 1.807) is 64.1 Å². The minimum absolute atomic E-state index is 0.189. The second-order valence-electron chi connectivity index (χ2n) is 9.69. The van der Waals surface area contributed by atoms with Crippen molar-refractivity contribution in [2.45, 2.75) is 24.5 Å². The maximum absolute atomic E-state index is 15.6. The predicted molar refractivity (Wildman–Crippen MR) is 139 cm³/mol. The van der Waals surface area contributed by atoms with Crippen molar-refractivity contribution in [3.63, 3.8) is 0 Å². The lowest BCUT2D eigenvalue weighted by atomic mass is 10.00. The van der Waals surface area contributed by atoms with Crippen LogP contribution in [-0.4, -0.2) is 57.3 Å². The van der Waals surface area contributed by atoms with E-state index in [4.69, 9.17) is 16.3 Å². The van der Waals surface area contributed by atoms with E-state index < -0.39 is 29.1 Å². The minimum atomic E-state index is -0.975. The van der Waals surface area contributed by atoms with Crippen LogP contribution in [0.4, 0.5) is 4.39 Å². The molecule has 1 aliphatic carbocycles. The van der Waals surface area contributed by atoms with Crippen LogP contribution in [0, 0.1) is 5.82 Å². The van der Waals surface area contributed by atoms with Crippen molar-refractivity contribution >= 4 is 34.5 Å². The number of hydrogen-bond acceptors (Lipinski definition) is 5. The number of β-amino-alcohol motifs (C(OH)–C–C–N with tert-alkyl or cyclic N) is 1. The lowest BCUT2D eigenvalue weighted by Crippen LogP contribution is -2.53. The Balaban J connectivity index is 1.49. The summed E-state index contributed by atoms with van der Waals surface area (Å²) in [4.78, 5) is 40.4. The number of likely N-dealkylation sites (tertiary alicyclic amines) is 1. The van der Waals surface area contributed by atoms with E-state index >= 15 is 4.39 Å². The van der Waals surface area contributed by atoms with Gasteiger partial charge < -0.3 is 14.7 Å². The Morgan fingerprint density at radius 3 is 2.39 bits per heavy atom. The summed E-state index contributed by atoms with van der Waals surface area (Å²) < 4.78 is 23.4. The number of aliphatic hydroxyl groups excluding tert-OH is 1. The maximum atomic E-state index is 15.6. The molecule has 0 bridgehead atoms. The van der Waals surface area contributed by atoms with Crippen LogP contribution in [0.25, 0.3) is 16.7 Å². The van der Waals surface area contributed by atoms with E-state index in [1.807, 2.05) is 0 Å². The summed E-state index contributed by atoms with van der Waals surface area (Å²) in [5.41, 5.74) is 0.735.